The second kappa shape index (κ2) is 8.94. The normalized spacial score (nSPS) is 10.6. The number of amides is 2. The molecule has 0 saturated carbocycles. The molecule has 2 aromatic rings. The third-order valence-electron chi connectivity index (χ3n) is 3.61. The summed E-state index contributed by atoms with van der Waals surface area (Å²) in [6.45, 7) is 2.13. The van der Waals surface area contributed by atoms with Gasteiger partial charge in [-0.2, -0.15) is 0 Å². The number of anilines is 2. The fourth-order valence-electron chi connectivity index (χ4n) is 2.45. The lowest BCUT2D eigenvalue weighted by atomic mass is 10.1. The van der Waals surface area contributed by atoms with E-state index in [1.54, 1.807) is 18.0 Å². The number of nitrogens with zero attached hydrogens (tertiary/aromatic N) is 1. The molecule has 0 aliphatic carbocycles. The number of halogens is 1. The first-order chi connectivity index (χ1) is 12.0. The smallest absolute Gasteiger partial charge is 0.238 e. The molecule has 5 nitrogen and oxygen atoms in total. The van der Waals surface area contributed by atoms with Gasteiger partial charge in [0.15, 0.2) is 0 Å². The van der Waals surface area contributed by atoms with Crippen molar-refractivity contribution in [1.82, 2.24) is 4.90 Å². The molecule has 0 heterocycles. The Morgan fingerprint density at radius 3 is 2.36 bits per heavy atom. The van der Waals surface area contributed by atoms with Gasteiger partial charge in [0.2, 0.25) is 11.8 Å². The first-order valence-corrected chi connectivity index (χ1v) is 8.09. The minimum Gasteiger partial charge on any atom is -0.325 e. The fourth-order valence-corrected chi connectivity index (χ4v) is 2.45. The van der Waals surface area contributed by atoms with E-state index in [9.17, 15) is 14.0 Å². The van der Waals surface area contributed by atoms with Crippen LogP contribution >= 0.6 is 0 Å². The number of carbonyl (C=O) groups excluding carboxylic acids is 2. The highest BCUT2D eigenvalue weighted by atomic mass is 19.1. The second-order valence-electron chi connectivity index (χ2n) is 5.79. The van der Waals surface area contributed by atoms with Gasteiger partial charge in [0.05, 0.1) is 13.1 Å². The van der Waals surface area contributed by atoms with Crippen molar-refractivity contribution in [2.45, 2.75) is 13.3 Å². The molecule has 0 unspecified atom stereocenters. The van der Waals surface area contributed by atoms with Crippen LogP contribution in [0.5, 0.6) is 0 Å². The van der Waals surface area contributed by atoms with Crippen molar-refractivity contribution in [2.75, 3.05) is 30.8 Å². The van der Waals surface area contributed by atoms with Crippen molar-refractivity contribution >= 4 is 23.2 Å². The number of rotatable bonds is 7. The molecule has 2 rings (SSSR count). The van der Waals surface area contributed by atoms with Crippen LogP contribution in [0.25, 0.3) is 0 Å². The number of hydrogen-bond acceptors (Lipinski definition) is 3. The van der Waals surface area contributed by atoms with Gasteiger partial charge in [0.25, 0.3) is 0 Å². The van der Waals surface area contributed by atoms with E-state index in [0.29, 0.717) is 5.69 Å². The standard InChI is InChI=1S/C19H22FN3O2/c1-3-14-7-4-5-10-17(14)22-19(25)13-23(2)12-18(24)21-16-9-6-8-15(20)11-16/h4-11H,3,12-13H2,1-2H3,(H,21,24)(H,22,25). The van der Waals surface area contributed by atoms with Crippen LogP contribution in [0.4, 0.5) is 15.8 Å². The van der Waals surface area contributed by atoms with Gasteiger partial charge in [0.1, 0.15) is 5.82 Å². The van der Waals surface area contributed by atoms with Gasteiger partial charge in [-0.3, -0.25) is 14.5 Å². The summed E-state index contributed by atoms with van der Waals surface area (Å²) in [5.74, 6) is -0.920. The number of benzene rings is 2. The highest BCUT2D eigenvalue weighted by Gasteiger charge is 2.12. The fraction of sp³-hybridized carbons (Fsp3) is 0.263. The van der Waals surface area contributed by atoms with Crippen molar-refractivity contribution in [1.29, 1.82) is 0 Å². The molecular weight excluding hydrogens is 321 g/mol. The lowest BCUT2D eigenvalue weighted by Gasteiger charge is -2.17. The minimum atomic E-state index is -0.417. The Morgan fingerprint density at radius 2 is 1.68 bits per heavy atom. The van der Waals surface area contributed by atoms with Crippen molar-refractivity contribution in [3.05, 3.63) is 59.9 Å². The van der Waals surface area contributed by atoms with E-state index in [0.717, 1.165) is 17.7 Å². The Hall–Kier alpha value is -2.73. The van der Waals surface area contributed by atoms with Gasteiger partial charge < -0.3 is 10.6 Å². The molecule has 0 saturated heterocycles. The van der Waals surface area contributed by atoms with E-state index in [-0.39, 0.29) is 24.9 Å². The summed E-state index contributed by atoms with van der Waals surface area (Å²) >= 11 is 0. The first kappa shape index (κ1) is 18.6. The Labute approximate surface area is 146 Å². The summed E-state index contributed by atoms with van der Waals surface area (Å²) in [7, 11) is 1.68. The summed E-state index contributed by atoms with van der Waals surface area (Å²) in [6, 6.07) is 13.3. The van der Waals surface area contributed by atoms with E-state index in [4.69, 9.17) is 0 Å². The predicted molar refractivity (Wildman–Crippen MR) is 97.0 cm³/mol. The Morgan fingerprint density at radius 1 is 1.00 bits per heavy atom. The number of carbonyl (C=O) groups is 2. The third-order valence-corrected chi connectivity index (χ3v) is 3.61. The molecule has 0 radical (unpaired) electrons. The van der Waals surface area contributed by atoms with Crippen molar-refractivity contribution in [3.8, 4) is 0 Å². The molecule has 0 aliphatic rings. The molecule has 0 aromatic heterocycles. The van der Waals surface area contributed by atoms with Crippen LogP contribution in [0.3, 0.4) is 0 Å². The van der Waals surface area contributed by atoms with Crippen molar-refractivity contribution < 1.29 is 14.0 Å². The van der Waals surface area contributed by atoms with Crippen molar-refractivity contribution in [2.24, 2.45) is 0 Å². The van der Waals surface area contributed by atoms with Crippen LogP contribution in [-0.4, -0.2) is 36.9 Å². The van der Waals surface area contributed by atoms with Crippen LogP contribution in [0.15, 0.2) is 48.5 Å². The van der Waals surface area contributed by atoms with Crippen LogP contribution < -0.4 is 10.6 Å². The molecule has 0 bridgehead atoms. The highest BCUT2D eigenvalue weighted by Crippen LogP contribution is 2.15. The van der Waals surface area contributed by atoms with E-state index in [2.05, 4.69) is 10.6 Å². The Kier molecular flexibility index (Phi) is 6.65. The molecular formula is C19H22FN3O2. The lowest BCUT2D eigenvalue weighted by Crippen LogP contribution is -2.36. The Balaban J connectivity index is 1.83. The van der Waals surface area contributed by atoms with Gasteiger partial charge in [-0.05, 0) is 43.3 Å². The molecule has 0 atom stereocenters. The van der Waals surface area contributed by atoms with Gasteiger partial charge >= 0.3 is 0 Å². The molecule has 132 valence electrons. The maximum atomic E-state index is 13.1. The summed E-state index contributed by atoms with van der Waals surface area (Å²) in [5.41, 5.74) is 2.23. The van der Waals surface area contributed by atoms with Crippen LogP contribution in [-0.2, 0) is 16.0 Å². The summed E-state index contributed by atoms with van der Waals surface area (Å²) < 4.78 is 13.1. The number of nitrogens with one attached hydrogen (secondary N) is 2. The van der Waals surface area contributed by atoms with E-state index >= 15 is 0 Å². The second-order valence-corrected chi connectivity index (χ2v) is 5.79. The highest BCUT2D eigenvalue weighted by molar-refractivity contribution is 5.95. The van der Waals surface area contributed by atoms with Gasteiger partial charge in [-0.25, -0.2) is 4.39 Å². The van der Waals surface area contributed by atoms with Gasteiger partial charge in [-0.15, -0.1) is 0 Å². The predicted octanol–water partition coefficient (Wildman–Crippen LogP) is 2.90. The van der Waals surface area contributed by atoms with Crippen molar-refractivity contribution in [3.63, 3.8) is 0 Å². The zero-order valence-corrected chi connectivity index (χ0v) is 14.4. The largest absolute Gasteiger partial charge is 0.325 e. The van der Waals surface area contributed by atoms with Gasteiger partial charge in [-0.1, -0.05) is 31.2 Å². The molecule has 0 fully saturated rings. The number of likely N-dealkylation sites (N-methyl/N-ethyl adjacent to an activating group) is 1. The monoisotopic (exact) mass is 343 g/mol. The topological polar surface area (TPSA) is 61.4 Å². The van der Waals surface area contributed by atoms with E-state index < -0.39 is 5.82 Å². The number of para-hydroxylation sites is 1. The third kappa shape index (κ3) is 6.00. The maximum absolute atomic E-state index is 13.1. The first-order valence-electron chi connectivity index (χ1n) is 8.09. The molecule has 6 heteroatoms. The van der Waals surface area contributed by atoms with E-state index in [1.165, 1.54) is 18.2 Å². The molecule has 2 N–H and O–H groups in total. The summed E-state index contributed by atoms with van der Waals surface area (Å²) in [6.07, 6.45) is 0.822. The van der Waals surface area contributed by atoms with Crippen LogP contribution in [0.1, 0.15) is 12.5 Å². The lowest BCUT2D eigenvalue weighted by molar-refractivity contribution is -0.119. The summed E-state index contributed by atoms with van der Waals surface area (Å²) in [5, 5.41) is 5.46. The molecule has 2 aromatic carbocycles. The average Bonchev–Trinajstić information content (AvgIpc) is 2.54. The molecule has 2 amide bonds. The summed E-state index contributed by atoms with van der Waals surface area (Å²) in [4.78, 5) is 25.7. The zero-order chi connectivity index (χ0) is 18.2. The van der Waals surface area contributed by atoms with E-state index in [1.807, 2.05) is 31.2 Å². The SMILES string of the molecule is CCc1ccccc1NC(=O)CN(C)CC(=O)Nc1cccc(F)c1. The molecule has 0 spiro atoms. The Bertz CT molecular complexity index is 749. The number of aryl methyl sites for hydroxylation is 1. The van der Waals surface area contributed by atoms with Crippen LogP contribution in [0.2, 0.25) is 0 Å². The quantitative estimate of drug-likeness (QED) is 0.813. The minimum absolute atomic E-state index is 0.0271. The molecule has 25 heavy (non-hydrogen) atoms. The van der Waals surface area contributed by atoms with Crippen LogP contribution in [0, 0.1) is 5.82 Å². The van der Waals surface area contributed by atoms with Gasteiger partial charge in [0, 0.05) is 11.4 Å². The maximum Gasteiger partial charge on any atom is 0.238 e. The average molecular weight is 343 g/mol. The molecule has 0 aliphatic heterocycles. The zero-order valence-electron chi connectivity index (χ0n) is 14.4. The number of hydrogen-bond donors (Lipinski definition) is 2.